The standard InChI is InChI=1S/C20H19IN4O5/c1-2-30-19(26)17-16(11-22-14-8-6-13(21)7-9-14)23-20(27)24-18(17)12-4-3-5-15(10-12)25(28)29/h3-10,18,22H,2,11H2,1H3,(H2,23,24,27)/t18-/m1/s1. The normalized spacial score (nSPS) is 15.8. The first-order valence-corrected chi connectivity index (χ1v) is 10.2. The van der Waals surface area contributed by atoms with Gasteiger partial charge in [0, 0.05) is 21.4 Å². The number of nitrogens with one attached hydrogen (secondary N) is 3. The van der Waals surface area contributed by atoms with Gasteiger partial charge in [-0.05, 0) is 59.3 Å². The highest BCUT2D eigenvalue weighted by atomic mass is 127. The van der Waals surface area contributed by atoms with Crippen molar-refractivity contribution in [2.45, 2.75) is 13.0 Å². The first-order chi connectivity index (χ1) is 14.4. The molecule has 30 heavy (non-hydrogen) atoms. The number of nitrogens with zero attached hydrogens (tertiary/aromatic N) is 1. The molecule has 2 aromatic carbocycles. The van der Waals surface area contributed by atoms with E-state index in [1.165, 1.54) is 18.2 Å². The van der Waals surface area contributed by atoms with Crippen LogP contribution in [0.4, 0.5) is 16.2 Å². The Labute approximate surface area is 186 Å². The monoisotopic (exact) mass is 522 g/mol. The van der Waals surface area contributed by atoms with Crippen LogP contribution in [0.5, 0.6) is 0 Å². The highest BCUT2D eigenvalue weighted by Gasteiger charge is 2.34. The molecule has 9 nitrogen and oxygen atoms in total. The summed E-state index contributed by atoms with van der Waals surface area (Å²) < 4.78 is 6.27. The predicted octanol–water partition coefficient (Wildman–Crippen LogP) is 3.48. The van der Waals surface area contributed by atoms with Crippen LogP contribution in [-0.4, -0.2) is 30.1 Å². The lowest BCUT2D eigenvalue weighted by Crippen LogP contribution is -2.47. The minimum Gasteiger partial charge on any atom is -0.463 e. The largest absolute Gasteiger partial charge is 0.463 e. The third-order valence-corrected chi connectivity index (χ3v) is 5.10. The van der Waals surface area contributed by atoms with Crippen LogP contribution in [0.2, 0.25) is 0 Å². The number of anilines is 1. The average Bonchev–Trinajstić information content (AvgIpc) is 2.73. The van der Waals surface area contributed by atoms with Crippen molar-refractivity contribution >= 4 is 46.0 Å². The number of urea groups is 1. The maximum Gasteiger partial charge on any atom is 0.338 e. The molecule has 10 heteroatoms. The third-order valence-electron chi connectivity index (χ3n) is 4.38. The number of esters is 1. The Morgan fingerprint density at radius 3 is 2.67 bits per heavy atom. The van der Waals surface area contributed by atoms with Gasteiger partial charge in [-0.1, -0.05) is 12.1 Å². The van der Waals surface area contributed by atoms with Gasteiger partial charge in [0.15, 0.2) is 0 Å². The molecule has 1 aliphatic rings. The summed E-state index contributed by atoms with van der Waals surface area (Å²) in [6, 6.07) is 12.0. The summed E-state index contributed by atoms with van der Waals surface area (Å²) in [5.41, 5.74) is 1.61. The number of nitro benzene ring substituents is 1. The second-order valence-electron chi connectivity index (χ2n) is 6.36. The number of carbonyl (C=O) groups excluding carboxylic acids is 2. The molecule has 0 spiro atoms. The van der Waals surface area contributed by atoms with E-state index in [-0.39, 0.29) is 24.4 Å². The van der Waals surface area contributed by atoms with Gasteiger partial charge in [0.05, 0.1) is 35.4 Å². The van der Waals surface area contributed by atoms with Gasteiger partial charge in [-0.15, -0.1) is 0 Å². The van der Waals surface area contributed by atoms with Crippen molar-refractivity contribution < 1.29 is 19.2 Å². The average molecular weight is 522 g/mol. The maximum atomic E-state index is 12.7. The van der Waals surface area contributed by atoms with Crippen LogP contribution in [-0.2, 0) is 9.53 Å². The fourth-order valence-corrected chi connectivity index (χ4v) is 3.39. The van der Waals surface area contributed by atoms with Crippen molar-refractivity contribution in [3.05, 3.63) is 79.0 Å². The molecule has 0 bridgehead atoms. The summed E-state index contributed by atoms with van der Waals surface area (Å²) in [6.45, 7) is 1.99. The molecule has 1 aliphatic heterocycles. The fourth-order valence-electron chi connectivity index (χ4n) is 3.03. The Balaban J connectivity index is 1.99. The zero-order valence-corrected chi connectivity index (χ0v) is 18.1. The van der Waals surface area contributed by atoms with Gasteiger partial charge >= 0.3 is 12.0 Å². The van der Waals surface area contributed by atoms with Crippen molar-refractivity contribution in [2.24, 2.45) is 0 Å². The second-order valence-corrected chi connectivity index (χ2v) is 7.60. The smallest absolute Gasteiger partial charge is 0.338 e. The van der Waals surface area contributed by atoms with Gasteiger partial charge in [0.1, 0.15) is 0 Å². The van der Waals surface area contributed by atoms with Crippen molar-refractivity contribution in [1.29, 1.82) is 0 Å². The summed E-state index contributed by atoms with van der Waals surface area (Å²) in [4.78, 5) is 35.7. The lowest BCUT2D eigenvalue weighted by molar-refractivity contribution is -0.384. The summed E-state index contributed by atoms with van der Waals surface area (Å²) in [7, 11) is 0. The number of benzene rings is 2. The quantitative estimate of drug-likeness (QED) is 0.222. The number of ether oxygens (including phenoxy) is 1. The molecule has 0 aliphatic carbocycles. The molecule has 0 unspecified atom stereocenters. The van der Waals surface area contributed by atoms with Gasteiger partial charge in [0.2, 0.25) is 0 Å². The zero-order valence-electron chi connectivity index (χ0n) is 16.0. The predicted molar refractivity (Wildman–Crippen MR) is 119 cm³/mol. The van der Waals surface area contributed by atoms with E-state index in [2.05, 4.69) is 38.5 Å². The first-order valence-electron chi connectivity index (χ1n) is 9.10. The summed E-state index contributed by atoms with van der Waals surface area (Å²) in [6.07, 6.45) is 0. The summed E-state index contributed by atoms with van der Waals surface area (Å²) >= 11 is 2.20. The van der Waals surface area contributed by atoms with Crippen molar-refractivity contribution in [3.63, 3.8) is 0 Å². The molecule has 3 rings (SSSR count). The number of non-ortho nitro benzene ring substituents is 1. The molecular formula is C20H19IN4O5. The van der Waals surface area contributed by atoms with Gasteiger partial charge in [-0.3, -0.25) is 10.1 Å². The van der Waals surface area contributed by atoms with Crippen LogP contribution in [0, 0.1) is 13.7 Å². The van der Waals surface area contributed by atoms with Crippen LogP contribution in [0.15, 0.2) is 59.8 Å². The van der Waals surface area contributed by atoms with Crippen LogP contribution in [0.3, 0.4) is 0 Å². The Bertz CT molecular complexity index is 1010. The van der Waals surface area contributed by atoms with E-state index in [9.17, 15) is 19.7 Å². The van der Waals surface area contributed by atoms with E-state index < -0.39 is 23.0 Å². The molecule has 0 aromatic heterocycles. The number of amides is 2. The van der Waals surface area contributed by atoms with Gasteiger partial charge < -0.3 is 20.7 Å². The molecule has 0 radical (unpaired) electrons. The molecular weight excluding hydrogens is 503 g/mol. The number of halogens is 1. The van der Waals surface area contributed by atoms with E-state index in [1.807, 2.05) is 24.3 Å². The molecule has 2 aromatic rings. The number of rotatable bonds is 7. The molecule has 156 valence electrons. The molecule has 0 fully saturated rings. The Hall–Kier alpha value is -3.15. The van der Waals surface area contributed by atoms with E-state index in [1.54, 1.807) is 13.0 Å². The van der Waals surface area contributed by atoms with Crippen LogP contribution < -0.4 is 16.0 Å². The minimum atomic E-state index is -0.883. The SMILES string of the molecule is CCOC(=O)C1=C(CNc2ccc(I)cc2)NC(=O)N[C@@H]1c1cccc([N+](=O)[O-])c1. The summed E-state index contributed by atoms with van der Waals surface area (Å²) in [5, 5.41) is 19.6. The van der Waals surface area contributed by atoms with Crippen LogP contribution >= 0.6 is 22.6 Å². The van der Waals surface area contributed by atoms with E-state index in [0.29, 0.717) is 11.3 Å². The lowest BCUT2D eigenvalue weighted by atomic mass is 9.94. The second kappa shape index (κ2) is 9.57. The van der Waals surface area contributed by atoms with Crippen molar-refractivity contribution in [1.82, 2.24) is 10.6 Å². The molecule has 0 saturated carbocycles. The number of hydrogen-bond acceptors (Lipinski definition) is 6. The third kappa shape index (κ3) is 5.06. The molecule has 0 saturated heterocycles. The maximum absolute atomic E-state index is 12.7. The van der Waals surface area contributed by atoms with Gasteiger partial charge in [-0.25, -0.2) is 9.59 Å². The Morgan fingerprint density at radius 2 is 2.00 bits per heavy atom. The highest BCUT2D eigenvalue weighted by Crippen LogP contribution is 2.30. The molecule has 1 atom stereocenters. The minimum absolute atomic E-state index is 0.137. The summed E-state index contributed by atoms with van der Waals surface area (Å²) in [5.74, 6) is -0.610. The zero-order chi connectivity index (χ0) is 21.7. The lowest BCUT2D eigenvalue weighted by Gasteiger charge is -2.29. The fraction of sp³-hybridized carbons (Fsp3) is 0.200. The van der Waals surface area contributed by atoms with E-state index >= 15 is 0 Å². The van der Waals surface area contributed by atoms with Crippen LogP contribution in [0.1, 0.15) is 18.5 Å². The Morgan fingerprint density at radius 1 is 1.27 bits per heavy atom. The number of nitro groups is 1. The van der Waals surface area contributed by atoms with E-state index in [0.717, 1.165) is 9.26 Å². The van der Waals surface area contributed by atoms with Crippen molar-refractivity contribution in [3.8, 4) is 0 Å². The van der Waals surface area contributed by atoms with Crippen LogP contribution in [0.25, 0.3) is 0 Å². The van der Waals surface area contributed by atoms with E-state index in [4.69, 9.17) is 4.74 Å². The highest BCUT2D eigenvalue weighted by molar-refractivity contribution is 14.1. The Kier molecular flexibility index (Phi) is 6.87. The van der Waals surface area contributed by atoms with Crippen molar-refractivity contribution in [2.75, 3.05) is 18.5 Å². The molecule has 2 amide bonds. The molecule has 1 heterocycles. The topological polar surface area (TPSA) is 123 Å². The first kappa shape index (κ1) is 21.6. The number of hydrogen-bond donors (Lipinski definition) is 3. The molecule has 3 N–H and O–H groups in total. The number of carbonyl (C=O) groups is 2. The van der Waals surface area contributed by atoms with Gasteiger partial charge in [0.25, 0.3) is 5.69 Å². The van der Waals surface area contributed by atoms with Gasteiger partial charge in [-0.2, -0.15) is 0 Å².